The number of hydrogen-bond acceptors (Lipinski definition) is 4. The lowest BCUT2D eigenvalue weighted by Gasteiger charge is -2.45. The minimum absolute atomic E-state index is 0.320. The van der Waals surface area contributed by atoms with Crippen LogP contribution in [0.1, 0.15) is 38.0 Å². The summed E-state index contributed by atoms with van der Waals surface area (Å²) in [5.74, 6) is 2.63. The van der Waals surface area contributed by atoms with Crippen molar-refractivity contribution in [3.8, 4) is 0 Å². The molecule has 0 radical (unpaired) electrons. The number of nitrogens with one attached hydrogen (secondary N) is 2. The predicted octanol–water partition coefficient (Wildman–Crippen LogP) is 3.44. The van der Waals surface area contributed by atoms with E-state index in [1.165, 1.54) is 0 Å². The molecule has 0 bridgehead atoms. The molecule has 0 spiro atoms. The summed E-state index contributed by atoms with van der Waals surface area (Å²) in [6, 6.07) is 8.06. The monoisotopic (exact) mass is 375 g/mol. The van der Waals surface area contributed by atoms with Crippen molar-refractivity contribution >= 4 is 28.7 Å². The number of aryl methyl sites for hydroxylation is 1. The number of aliphatic imine (C=N–C) groups is 1. The zero-order chi connectivity index (χ0) is 18.6. The van der Waals surface area contributed by atoms with Gasteiger partial charge in [-0.2, -0.15) is 11.8 Å². The second kappa shape index (κ2) is 8.35. The molecule has 0 aliphatic heterocycles. The first-order chi connectivity index (χ1) is 12.6. The number of guanidine groups is 1. The van der Waals surface area contributed by atoms with Crippen LogP contribution in [0, 0.1) is 6.92 Å². The van der Waals surface area contributed by atoms with E-state index in [0.29, 0.717) is 24.3 Å². The third-order valence-electron chi connectivity index (χ3n) is 5.04. The molecule has 1 aromatic heterocycles. The quantitative estimate of drug-likeness (QED) is 0.511. The summed E-state index contributed by atoms with van der Waals surface area (Å²) in [7, 11) is 0. The number of thioether (sulfide) groups is 1. The SMILES string of the molecule is CCNC(=NCc1oc2ccccc2c1C)NCC1(O)CCC1SCC. The molecule has 6 heteroatoms. The Morgan fingerprint density at radius 3 is 2.81 bits per heavy atom. The second-order valence-corrected chi connectivity index (χ2v) is 8.26. The fraction of sp³-hybridized carbons (Fsp3) is 0.550. The molecule has 1 aliphatic carbocycles. The number of hydrogen-bond donors (Lipinski definition) is 3. The highest BCUT2D eigenvalue weighted by molar-refractivity contribution is 8.00. The summed E-state index contributed by atoms with van der Waals surface area (Å²) in [6.45, 7) is 8.02. The number of rotatable bonds is 7. The zero-order valence-electron chi connectivity index (χ0n) is 15.8. The van der Waals surface area contributed by atoms with Gasteiger partial charge in [0.25, 0.3) is 0 Å². The summed E-state index contributed by atoms with van der Waals surface area (Å²) in [4.78, 5) is 4.66. The predicted molar refractivity (Wildman–Crippen MR) is 110 cm³/mol. The Hall–Kier alpha value is -1.66. The van der Waals surface area contributed by atoms with Gasteiger partial charge < -0.3 is 20.2 Å². The molecule has 2 unspecified atom stereocenters. The third kappa shape index (κ3) is 4.01. The van der Waals surface area contributed by atoms with E-state index in [-0.39, 0.29) is 0 Å². The third-order valence-corrected chi connectivity index (χ3v) is 6.45. The number of para-hydroxylation sites is 1. The number of furan rings is 1. The molecule has 0 amide bonds. The lowest BCUT2D eigenvalue weighted by atomic mass is 9.79. The molecule has 142 valence electrons. The van der Waals surface area contributed by atoms with Crippen molar-refractivity contribution in [1.29, 1.82) is 0 Å². The van der Waals surface area contributed by atoms with Gasteiger partial charge in [-0.05, 0) is 38.5 Å². The highest BCUT2D eigenvalue weighted by Crippen LogP contribution is 2.40. The van der Waals surface area contributed by atoms with Crippen molar-refractivity contribution < 1.29 is 9.52 Å². The summed E-state index contributed by atoms with van der Waals surface area (Å²) in [5.41, 5.74) is 1.40. The van der Waals surface area contributed by atoms with E-state index < -0.39 is 5.60 Å². The van der Waals surface area contributed by atoms with E-state index in [9.17, 15) is 5.11 Å². The van der Waals surface area contributed by atoms with E-state index >= 15 is 0 Å². The molecule has 1 aromatic carbocycles. The van der Waals surface area contributed by atoms with Gasteiger partial charge in [-0.1, -0.05) is 25.1 Å². The molecule has 0 saturated heterocycles. The van der Waals surface area contributed by atoms with Gasteiger partial charge >= 0.3 is 0 Å². The van der Waals surface area contributed by atoms with Crippen LogP contribution in [0.5, 0.6) is 0 Å². The van der Waals surface area contributed by atoms with Crippen molar-refractivity contribution in [3.63, 3.8) is 0 Å². The van der Waals surface area contributed by atoms with Gasteiger partial charge in [-0.15, -0.1) is 0 Å². The van der Waals surface area contributed by atoms with Crippen LogP contribution in [0.3, 0.4) is 0 Å². The van der Waals surface area contributed by atoms with Gasteiger partial charge in [0.1, 0.15) is 17.9 Å². The Morgan fingerprint density at radius 1 is 1.35 bits per heavy atom. The van der Waals surface area contributed by atoms with Crippen molar-refractivity contribution in [2.75, 3.05) is 18.8 Å². The van der Waals surface area contributed by atoms with Gasteiger partial charge in [0.2, 0.25) is 0 Å². The fourth-order valence-corrected chi connectivity index (χ4v) is 4.54. The molecule has 2 aromatic rings. The van der Waals surface area contributed by atoms with Gasteiger partial charge in [0.05, 0.1) is 5.60 Å². The van der Waals surface area contributed by atoms with Crippen LogP contribution in [0.15, 0.2) is 33.7 Å². The summed E-state index contributed by atoms with van der Waals surface area (Å²) in [5, 5.41) is 18.8. The smallest absolute Gasteiger partial charge is 0.191 e. The van der Waals surface area contributed by atoms with Crippen molar-refractivity contribution in [1.82, 2.24) is 10.6 Å². The summed E-state index contributed by atoms with van der Waals surface area (Å²) < 4.78 is 5.94. The van der Waals surface area contributed by atoms with Crippen molar-refractivity contribution in [2.45, 2.75) is 51.0 Å². The first-order valence-electron chi connectivity index (χ1n) is 9.40. The van der Waals surface area contributed by atoms with E-state index in [4.69, 9.17) is 4.42 Å². The lowest BCUT2D eigenvalue weighted by Crippen LogP contribution is -2.58. The van der Waals surface area contributed by atoms with Crippen LogP contribution in [-0.4, -0.2) is 40.8 Å². The highest BCUT2D eigenvalue weighted by Gasteiger charge is 2.45. The van der Waals surface area contributed by atoms with E-state index in [1.54, 1.807) is 0 Å². The molecule has 26 heavy (non-hydrogen) atoms. The average Bonchev–Trinajstić information content (AvgIpc) is 2.97. The van der Waals surface area contributed by atoms with Gasteiger partial charge in [0.15, 0.2) is 5.96 Å². The van der Waals surface area contributed by atoms with Crippen LogP contribution in [-0.2, 0) is 6.54 Å². The number of aliphatic hydroxyl groups is 1. The summed E-state index contributed by atoms with van der Waals surface area (Å²) >= 11 is 1.84. The Labute approximate surface area is 159 Å². The Kier molecular flexibility index (Phi) is 6.14. The molecule has 3 N–H and O–H groups in total. The van der Waals surface area contributed by atoms with Gasteiger partial charge in [-0.3, -0.25) is 0 Å². The highest BCUT2D eigenvalue weighted by atomic mass is 32.2. The first-order valence-corrected chi connectivity index (χ1v) is 10.5. The largest absolute Gasteiger partial charge is 0.459 e. The van der Waals surface area contributed by atoms with E-state index in [2.05, 4.69) is 35.5 Å². The normalized spacial score (nSPS) is 23.1. The van der Waals surface area contributed by atoms with Crippen molar-refractivity contribution in [2.24, 2.45) is 4.99 Å². The molecule has 1 saturated carbocycles. The molecule has 1 fully saturated rings. The molecular weight excluding hydrogens is 346 g/mol. The fourth-order valence-electron chi connectivity index (χ4n) is 3.34. The Balaban J connectivity index is 1.66. The number of fused-ring (bicyclic) bond motifs is 1. The number of benzene rings is 1. The van der Waals surface area contributed by atoms with Gasteiger partial charge in [-0.25, -0.2) is 4.99 Å². The van der Waals surface area contributed by atoms with Crippen molar-refractivity contribution in [3.05, 3.63) is 35.6 Å². The lowest BCUT2D eigenvalue weighted by molar-refractivity contribution is -0.0198. The molecule has 3 rings (SSSR count). The van der Waals surface area contributed by atoms with Crippen LogP contribution < -0.4 is 10.6 Å². The van der Waals surface area contributed by atoms with Crippen LogP contribution >= 0.6 is 11.8 Å². The van der Waals surface area contributed by atoms with E-state index in [1.807, 2.05) is 36.9 Å². The zero-order valence-corrected chi connectivity index (χ0v) is 16.7. The standard InChI is InChI=1S/C20H29N3O2S/c1-4-21-19(23-13-20(24)11-10-18(20)26-5-2)22-12-17-14(3)15-8-6-7-9-16(15)25-17/h6-9,18,24H,4-5,10-13H2,1-3H3,(H2,21,22,23). The minimum atomic E-state index is -0.633. The number of nitrogens with zero attached hydrogens (tertiary/aromatic N) is 1. The second-order valence-electron chi connectivity index (χ2n) is 6.78. The summed E-state index contributed by atoms with van der Waals surface area (Å²) in [6.07, 6.45) is 1.93. The van der Waals surface area contributed by atoms with Gasteiger partial charge in [0, 0.05) is 29.3 Å². The maximum Gasteiger partial charge on any atom is 0.191 e. The topological polar surface area (TPSA) is 69.8 Å². The molecule has 1 aliphatic rings. The maximum absolute atomic E-state index is 10.8. The Morgan fingerprint density at radius 2 is 2.15 bits per heavy atom. The minimum Gasteiger partial charge on any atom is -0.459 e. The molecule has 2 atom stereocenters. The maximum atomic E-state index is 10.8. The molecule has 5 nitrogen and oxygen atoms in total. The molecular formula is C20H29N3O2S. The Bertz CT molecular complexity index is 774. The van der Waals surface area contributed by atoms with E-state index in [0.717, 1.165) is 47.4 Å². The van der Waals surface area contributed by atoms with Crippen LogP contribution in [0.25, 0.3) is 11.0 Å². The average molecular weight is 376 g/mol. The van der Waals surface area contributed by atoms with Crippen LogP contribution in [0.4, 0.5) is 0 Å². The molecule has 1 heterocycles. The first kappa shape index (κ1) is 19.1. The van der Waals surface area contributed by atoms with Crippen LogP contribution in [0.2, 0.25) is 0 Å².